The topological polar surface area (TPSA) is 54.5 Å². The lowest BCUT2D eigenvalue weighted by Gasteiger charge is -2.39. The van der Waals surface area contributed by atoms with Crippen LogP contribution in [0.1, 0.15) is 22.3 Å². The van der Waals surface area contributed by atoms with Gasteiger partial charge in [-0.2, -0.15) is 0 Å². The highest BCUT2D eigenvalue weighted by Crippen LogP contribution is 2.74. The Morgan fingerprint density at radius 3 is 1.20 bits per heavy atom. The third-order valence-electron chi connectivity index (χ3n) is 9.73. The number of para-hydroxylation sites is 1. The number of allylic oxidation sites excluding steroid dienone is 2. The van der Waals surface area contributed by atoms with Crippen molar-refractivity contribution >= 4 is 57.6 Å². The van der Waals surface area contributed by atoms with Gasteiger partial charge in [-0.1, -0.05) is 126 Å². The van der Waals surface area contributed by atoms with Crippen LogP contribution in [0, 0.1) is 11.8 Å². The molecule has 0 aromatic heterocycles. The van der Waals surface area contributed by atoms with Gasteiger partial charge in [0.2, 0.25) is 11.8 Å². The molecule has 0 unspecified atom stereocenters. The molecule has 8 rings (SSSR count). The summed E-state index contributed by atoms with van der Waals surface area (Å²) in [5.41, 5.74) is 1.85. The normalized spacial score (nSPS) is 25.3. The van der Waals surface area contributed by atoms with Crippen molar-refractivity contribution in [1.82, 2.24) is 0 Å². The van der Waals surface area contributed by atoms with Crippen LogP contribution in [-0.2, 0) is 25.2 Å². The molecule has 0 spiro atoms. The van der Waals surface area contributed by atoms with E-state index < -0.39 is 34.5 Å². The number of amides is 2. The monoisotopic (exact) mass is 625 g/mol. The Morgan fingerprint density at radius 2 is 0.822 bits per heavy atom. The number of carbonyl (C=O) groups excluding carboxylic acids is 3. The van der Waals surface area contributed by atoms with Gasteiger partial charge in [-0.15, -0.1) is 0 Å². The number of hydrogen-bond donors (Lipinski definition) is 0. The zero-order chi connectivity index (χ0) is 30.9. The highest BCUT2D eigenvalue weighted by atomic mass is 35.5. The summed E-state index contributed by atoms with van der Waals surface area (Å²) in [6.07, 6.45) is 0. The van der Waals surface area contributed by atoms with E-state index in [0.717, 1.165) is 22.3 Å². The van der Waals surface area contributed by atoms with Crippen LogP contribution >= 0.6 is 23.2 Å². The second-order valence-electron chi connectivity index (χ2n) is 11.7. The Kier molecular flexibility index (Phi) is 6.25. The maximum absolute atomic E-state index is 15.9. The van der Waals surface area contributed by atoms with E-state index in [1.54, 1.807) is 48.5 Å². The van der Waals surface area contributed by atoms with Crippen LogP contribution < -0.4 is 4.90 Å². The first kappa shape index (κ1) is 27.8. The molecule has 4 nitrogen and oxygen atoms in total. The summed E-state index contributed by atoms with van der Waals surface area (Å²) >= 11 is 12.8. The molecular weight excluding hydrogens is 601 g/mol. The molecule has 2 bridgehead atoms. The van der Waals surface area contributed by atoms with E-state index in [2.05, 4.69) is 0 Å². The zero-order valence-electron chi connectivity index (χ0n) is 23.9. The Balaban J connectivity index is 1.57. The van der Waals surface area contributed by atoms with Crippen LogP contribution in [0.3, 0.4) is 0 Å². The van der Waals surface area contributed by atoms with Crippen LogP contribution in [0.25, 0.3) is 11.1 Å². The standard InChI is InChI=1S/C39H25Cl2NO3/c40-28-20-16-26(17-21-28)38-31(24-10-4-1-5-11-24)32(25-12-6-2-7-13-25)39(37(38)45,27-18-22-29(41)23-19-27)34-33(38)35(43)42(36(34)44)30-14-8-3-9-15-30/h1-23,33-34H/t33-,34-,38+,39+/m1/s1. The van der Waals surface area contributed by atoms with E-state index in [1.807, 2.05) is 91.0 Å². The van der Waals surface area contributed by atoms with Gasteiger partial charge < -0.3 is 0 Å². The first-order valence-corrected chi connectivity index (χ1v) is 15.5. The minimum absolute atomic E-state index is 0.193. The zero-order valence-corrected chi connectivity index (χ0v) is 25.4. The van der Waals surface area contributed by atoms with Crippen molar-refractivity contribution in [3.63, 3.8) is 0 Å². The molecular formula is C39H25Cl2NO3. The number of anilines is 1. The Hall–Kier alpha value is -4.77. The lowest BCUT2D eigenvalue weighted by molar-refractivity contribution is -0.130. The van der Waals surface area contributed by atoms with Gasteiger partial charge in [0, 0.05) is 10.0 Å². The molecule has 5 aromatic rings. The minimum atomic E-state index is -1.49. The fourth-order valence-corrected chi connectivity index (χ4v) is 8.44. The van der Waals surface area contributed by atoms with Crippen molar-refractivity contribution in [2.75, 3.05) is 4.90 Å². The minimum Gasteiger partial charge on any atom is -0.297 e. The van der Waals surface area contributed by atoms with Crippen molar-refractivity contribution in [3.8, 4) is 0 Å². The van der Waals surface area contributed by atoms with E-state index in [4.69, 9.17) is 23.2 Å². The van der Waals surface area contributed by atoms with E-state index in [0.29, 0.717) is 26.9 Å². The van der Waals surface area contributed by atoms with E-state index >= 15 is 4.79 Å². The number of carbonyl (C=O) groups is 3. The number of hydrogen-bond acceptors (Lipinski definition) is 3. The molecule has 4 atom stereocenters. The average Bonchev–Trinajstić information content (AvgIpc) is 3.58. The molecule has 3 aliphatic rings. The quantitative estimate of drug-likeness (QED) is 0.185. The number of Topliss-reactive ketones (excluding diaryl/α,β-unsaturated/α-hetero) is 1. The molecule has 5 aromatic carbocycles. The second-order valence-corrected chi connectivity index (χ2v) is 12.6. The highest BCUT2D eigenvalue weighted by molar-refractivity contribution is 6.39. The number of nitrogens with zero attached hydrogens (tertiary/aromatic N) is 1. The molecule has 1 saturated carbocycles. The molecule has 1 heterocycles. The second kappa shape index (κ2) is 10.1. The van der Waals surface area contributed by atoms with Crippen molar-refractivity contribution in [3.05, 3.63) is 172 Å². The molecule has 2 aliphatic carbocycles. The largest absolute Gasteiger partial charge is 0.297 e. The smallest absolute Gasteiger partial charge is 0.239 e. The third-order valence-corrected chi connectivity index (χ3v) is 10.2. The number of imide groups is 1. The van der Waals surface area contributed by atoms with Crippen LogP contribution in [0.5, 0.6) is 0 Å². The van der Waals surface area contributed by atoms with Gasteiger partial charge in [-0.3, -0.25) is 14.4 Å². The van der Waals surface area contributed by atoms with Crippen molar-refractivity contribution in [1.29, 1.82) is 0 Å². The summed E-state index contributed by atoms with van der Waals surface area (Å²) in [5, 5.41) is 1.01. The molecule has 2 fully saturated rings. The number of fused-ring (bicyclic) bond motifs is 5. The van der Waals surface area contributed by atoms with Crippen LogP contribution in [-0.4, -0.2) is 17.6 Å². The van der Waals surface area contributed by atoms with Crippen LogP contribution in [0.15, 0.2) is 140 Å². The van der Waals surface area contributed by atoms with Crippen LogP contribution in [0.4, 0.5) is 5.69 Å². The van der Waals surface area contributed by atoms with Gasteiger partial charge in [0.1, 0.15) is 0 Å². The molecule has 1 aliphatic heterocycles. The van der Waals surface area contributed by atoms with Gasteiger partial charge in [-0.25, -0.2) is 4.90 Å². The molecule has 218 valence electrons. The molecule has 0 radical (unpaired) electrons. The van der Waals surface area contributed by atoms with Crippen LogP contribution in [0.2, 0.25) is 10.0 Å². The van der Waals surface area contributed by atoms with Gasteiger partial charge >= 0.3 is 0 Å². The predicted molar refractivity (Wildman–Crippen MR) is 177 cm³/mol. The lowest BCUT2D eigenvalue weighted by Crippen LogP contribution is -2.45. The molecule has 6 heteroatoms. The lowest BCUT2D eigenvalue weighted by atomic mass is 9.59. The summed E-state index contributed by atoms with van der Waals surface area (Å²) in [5.74, 6) is -2.98. The SMILES string of the molecule is O=C1[C@H]2[C@H](C(=O)N1c1ccccc1)[C@@]1(c3ccc(Cl)cc3)C(=O)[C@@]2(c2ccc(Cl)cc2)C(c2ccccc2)=C1c1ccccc1. The fraction of sp³-hybridized carbons (Fsp3) is 0.103. The van der Waals surface area contributed by atoms with Crippen molar-refractivity contribution in [2.24, 2.45) is 11.8 Å². The Morgan fingerprint density at radius 1 is 0.467 bits per heavy atom. The fourth-order valence-electron chi connectivity index (χ4n) is 8.19. The Labute approximate surface area is 270 Å². The van der Waals surface area contributed by atoms with Crippen molar-refractivity contribution in [2.45, 2.75) is 10.8 Å². The maximum Gasteiger partial charge on any atom is 0.239 e. The number of rotatable bonds is 5. The summed E-state index contributed by atoms with van der Waals surface area (Å²) < 4.78 is 0. The van der Waals surface area contributed by atoms with Gasteiger partial charge in [0.25, 0.3) is 0 Å². The molecule has 2 amide bonds. The van der Waals surface area contributed by atoms with Gasteiger partial charge in [0.05, 0.1) is 28.4 Å². The predicted octanol–water partition coefficient (Wildman–Crippen LogP) is 8.18. The van der Waals surface area contributed by atoms with E-state index in [1.165, 1.54) is 4.90 Å². The highest BCUT2D eigenvalue weighted by Gasteiger charge is 2.82. The van der Waals surface area contributed by atoms with Gasteiger partial charge in [-0.05, 0) is 69.8 Å². The number of halogens is 2. The number of ketones is 1. The first-order chi connectivity index (χ1) is 21.9. The summed E-state index contributed by atoms with van der Waals surface area (Å²) in [6, 6.07) is 42.7. The summed E-state index contributed by atoms with van der Waals surface area (Å²) in [6.45, 7) is 0. The van der Waals surface area contributed by atoms with Crippen molar-refractivity contribution < 1.29 is 14.4 Å². The maximum atomic E-state index is 15.9. The Bertz CT molecular complexity index is 1900. The summed E-state index contributed by atoms with van der Waals surface area (Å²) in [4.78, 5) is 47.0. The molecule has 0 N–H and O–H groups in total. The molecule has 45 heavy (non-hydrogen) atoms. The van der Waals surface area contributed by atoms with E-state index in [9.17, 15) is 9.59 Å². The first-order valence-electron chi connectivity index (χ1n) is 14.8. The van der Waals surface area contributed by atoms with Gasteiger partial charge in [0.15, 0.2) is 5.78 Å². The molecule has 1 saturated heterocycles. The number of benzene rings is 5. The third kappa shape index (κ3) is 3.58. The average molecular weight is 627 g/mol. The van der Waals surface area contributed by atoms with E-state index in [-0.39, 0.29) is 5.78 Å². The summed E-state index contributed by atoms with van der Waals surface area (Å²) in [7, 11) is 0.